The minimum Gasteiger partial charge on any atom is -0.424 e. The standard InChI is InChI=1S/C24H20N4O2S/c29-22(27-16-10-12-17(13-11-16)30-24-25-14-5-15-26-24)18-6-1-2-7-19(18)23-28-20-8-3-4-9-21(20)31-23/h1-5,8-15,18-19H,6-7H2,(H,27,29). The van der Waals surface area contributed by atoms with E-state index in [1.54, 1.807) is 41.9 Å². The predicted molar refractivity (Wildman–Crippen MR) is 121 cm³/mol. The molecule has 0 bridgehead atoms. The molecule has 2 unspecified atom stereocenters. The molecule has 0 aliphatic heterocycles. The zero-order valence-corrected chi connectivity index (χ0v) is 17.5. The first-order valence-corrected chi connectivity index (χ1v) is 10.9. The third-order valence-electron chi connectivity index (χ3n) is 5.27. The molecule has 1 N–H and O–H groups in total. The molecule has 2 atom stereocenters. The molecule has 0 radical (unpaired) electrons. The maximum Gasteiger partial charge on any atom is 0.321 e. The van der Waals surface area contributed by atoms with Gasteiger partial charge in [-0.2, -0.15) is 0 Å². The smallest absolute Gasteiger partial charge is 0.321 e. The molecule has 0 fully saturated rings. The highest BCUT2D eigenvalue weighted by Gasteiger charge is 2.32. The van der Waals surface area contributed by atoms with E-state index < -0.39 is 0 Å². The minimum atomic E-state index is -0.154. The summed E-state index contributed by atoms with van der Waals surface area (Å²) in [5.41, 5.74) is 1.72. The van der Waals surface area contributed by atoms with Crippen molar-refractivity contribution in [1.82, 2.24) is 15.0 Å². The molecular weight excluding hydrogens is 408 g/mol. The molecule has 154 valence electrons. The van der Waals surface area contributed by atoms with Gasteiger partial charge in [0.15, 0.2) is 0 Å². The Morgan fingerprint density at radius 1 is 0.968 bits per heavy atom. The Morgan fingerprint density at radius 3 is 2.55 bits per heavy atom. The molecule has 0 saturated carbocycles. The SMILES string of the molecule is O=C(Nc1ccc(Oc2ncccn2)cc1)C1CC=CCC1c1nc2ccccc2s1. The van der Waals surface area contributed by atoms with Crippen molar-refractivity contribution in [3.05, 3.63) is 84.2 Å². The summed E-state index contributed by atoms with van der Waals surface area (Å²) in [6.07, 6.45) is 9.01. The first-order chi connectivity index (χ1) is 15.3. The lowest BCUT2D eigenvalue weighted by Crippen LogP contribution is -2.29. The van der Waals surface area contributed by atoms with E-state index in [1.807, 2.05) is 30.3 Å². The molecule has 6 nitrogen and oxygen atoms in total. The molecule has 31 heavy (non-hydrogen) atoms. The van der Waals surface area contributed by atoms with Gasteiger partial charge in [0.25, 0.3) is 0 Å². The van der Waals surface area contributed by atoms with Gasteiger partial charge < -0.3 is 10.1 Å². The molecule has 5 rings (SSSR count). The van der Waals surface area contributed by atoms with Crippen molar-refractivity contribution in [2.24, 2.45) is 5.92 Å². The van der Waals surface area contributed by atoms with E-state index >= 15 is 0 Å². The predicted octanol–water partition coefficient (Wildman–Crippen LogP) is 5.57. The number of anilines is 1. The fourth-order valence-electron chi connectivity index (χ4n) is 3.71. The molecule has 1 aliphatic carbocycles. The van der Waals surface area contributed by atoms with E-state index in [2.05, 4.69) is 33.5 Å². The van der Waals surface area contributed by atoms with Gasteiger partial charge in [-0.1, -0.05) is 24.3 Å². The van der Waals surface area contributed by atoms with Crippen molar-refractivity contribution in [2.45, 2.75) is 18.8 Å². The highest BCUT2D eigenvalue weighted by molar-refractivity contribution is 7.18. The highest BCUT2D eigenvalue weighted by Crippen LogP contribution is 2.39. The fraction of sp³-hybridized carbons (Fsp3) is 0.167. The number of amides is 1. The van der Waals surface area contributed by atoms with Crippen LogP contribution in [0.1, 0.15) is 23.8 Å². The maximum absolute atomic E-state index is 13.1. The Labute approximate surface area is 183 Å². The maximum atomic E-state index is 13.1. The van der Waals surface area contributed by atoms with Crippen LogP contribution in [0.25, 0.3) is 10.2 Å². The lowest BCUT2D eigenvalue weighted by molar-refractivity contribution is -0.120. The average Bonchev–Trinajstić information content (AvgIpc) is 3.25. The number of allylic oxidation sites excluding steroid dienone is 2. The van der Waals surface area contributed by atoms with Crippen molar-refractivity contribution in [1.29, 1.82) is 0 Å². The van der Waals surface area contributed by atoms with Gasteiger partial charge in [0.05, 0.1) is 21.1 Å². The number of hydrogen-bond acceptors (Lipinski definition) is 6. The Bertz CT molecular complexity index is 1190. The van der Waals surface area contributed by atoms with Crippen LogP contribution in [-0.2, 0) is 4.79 Å². The normalized spacial score (nSPS) is 18.1. The number of ether oxygens (including phenoxy) is 1. The largest absolute Gasteiger partial charge is 0.424 e. The summed E-state index contributed by atoms with van der Waals surface area (Å²) in [5.74, 6) is 0.547. The van der Waals surface area contributed by atoms with E-state index in [0.29, 0.717) is 12.2 Å². The second-order valence-electron chi connectivity index (χ2n) is 7.32. The number of aromatic nitrogens is 3. The van der Waals surface area contributed by atoms with Crippen LogP contribution in [0.2, 0.25) is 0 Å². The van der Waals surface area contributed by atoms with Crippen LogP contribution >= 0.6 is 11.3 Å². The molecule has 0 spiro atoms. The second-order valence-corrected chi connectivity index (χ2v) is 8.38. The van der Waals surface area contributed by atoms with E-state index in [4.69, 9.17) is 9.72 Å². The van der Waals surface area contributed by atoms with Gasteiger partial charge in [0.2, 0.25) is 5.91 Å². The summed E-state index contributed by atoms with van der Waals surface area (Å²) >= 11 is 1.68. The van der Waals surface area contributed by atoms with Crippen LogP contribution in [0.4, 0.5) is 5.69 Å². The number of para-hydroxylation sites is 1. The van der Waals surface area contributed by atoms with Crippen LogP contribution < -0.4 is 10.1 Å². The highest BCUT2D eigenvalue weighted by atomic mass is 32.1. The van der Waals surface area contributed by atoms with Crippen LogP contribution in [0, 0.1) is 5.92 Å². The number of fused-ring (bicyclic) bond motifs is 1. The number of nitrogens with zero attached hydrogens (tertiary/aromatic N) is 3. The molecule has 1 aliphatic rings. The van der Waals surface area contributed by atoms with Gasteiger partial charge in [0.1, 0.15) is 5.75 Å². The van der Waals surface area contributed by atoms with Crippen LogP contribution in [0.5, 0.6) is 11.8 Å². The molecule has 2 aromatic carbocycles. The lowest BCUT2D eigenvalue weighted by Gasteiger charge is -2.26. The van der Waals surface area contributed by atoms with Crippen molar-refractivity contribution < 1.29 is 9.53 Å². The topological polar surface area (TPSA) is 77.0 Å². The molecule has 2 heterocycles. The first-order valence-electron chi connectivity index (χ1n) is 10.1. The quantitative estimate of drug-likeness (QED) is 0.421. The van der Waals surface area contributed by atoms with Crippen molar-refractivity contribution >= 4 is 33.1 Å². The molecule has 4 aromatic rings. The molecular formula is C24H20N4O2S. The zero-order valence-electron chi connectivity index (χ0n) is 16.6. The average molecular weight is 429 g/mol. The van der Waals surface area contributed by atoms with Crippen molar-refractivity contribution in [3.8, 4) is 11.8 Å². The summed E-state index contributed by atoms with van der Waals surface area (Å²) in [5, 5.41) is 4.08. The minimum absolute atomic E-state index is 0.00803. The van der Waals surface area contributed by atoms with Crippen LogP contribution in [0.3, 0.4) is 0 Å². The van der Waals surface area contributed by atoms with E-state index in [0.717, 1.165) is 27.3 Å². The summed E-state index contributed by atoms with van der Waals surface area (Å²) in [4.78, 5) is 26.0. The number of nitrogens with one attached hydrogen (secondary N) is 1. The Balaban J connectivity index is 1.30. The Morgan fingerprint density at radius 2 is 1.74 bits per heavy atom. The van der Waals surface area contributed by atoms with Gasteiger partial charge >= 0.3 is 6.01 Å². The van der Waals surface area contributed by atoms with E-state index in [1.165, 1.54) is 0 Å². The molecule has 7 heteroatoms. The third-order valence-corrected chi connectivity index (χ3v) is 6.44. The van der Waals surface area contributed by atoms with Crippen molar-refractivity contribution in [2.75, 3.05) is 5.32 Å². The number of benzene rings is 2. The lowest BCUT2D eigenvalue weighted by atomic mass is 9.82. The van der Waals surface area contributed by atoms with Gasteiger partial charge in [-0.15, -0.1) is 11.3 Å². The second kappa shape index (κ2) is 8.65. The van der Waals surface area contributed by atoms with E-state index in [-0.39, 0.29) is 23.8 Å². The fourth-order valence-corrected chi connectivity index (χ4v) is 4.86. The number of rotatable bonds is 5. The molecule has 0 saturated heterocycles. The van der Waals surface area contributed by atoms with E-state index in [9.17, 15) is 4.79 Å². The van der Waals surface area contributed by atoms with Crippen molar-refractivity contribution in [3.63, 3.8) is 0 Å². The zero-order chi connectivity index (χ0) is 21.0. The third kappa shape index (κ3) is 4.32. The number of carbonyl (C=O) groups is 1. The van der Waals surface area contributed by atoms with Gasteiger partial charge in [-0.05, 0) is 55.3 Å². The van der Waals surface area contributed by atoms with Gasteiger partial charge in [-0.25, -0.2) is 15.0 Å². The monoisotopic (exact) mass is 428 g/mol. The number of hydrogen-bond donors (Lipinski definition) is 1. The summed E-state index contributed by atoms with van der Waals surface area (Å²) in [6.45, 7) is 0. The number of carbonyl (C=O) groups excluding carboxylic acids is 1. The van der Waals surface area contributed by atoms with Crippen LogP contribution in [0.15, 0.2) is 79.1 Å². The molecule has 1 amide bonds. The molecule has 2 aromatic heterocycles. The first kappa shape index (κ1) is 19.4. The van der Waals surface area contributed by atoms with Gasteiger partial charge in [0, 0.05) is 24.0 Å². The van der Waals surface area contributed by atoms with Crippen LogP contribution in [-0.4, -0.2) is 20.9 Å². The summed E-state index contributed by atoms with van der Waals surface area (Å²) in [6, 6.07) is 17.3. The summed E-state index contributed by atoms with van der Waals surface area (Å²) < 4.78 is 6.76. The summed E-state index contributed by atoms with van der Waals surface area (Å²) in [7, 11) is 0. The number of thiazole rings is 1. The Hall–Kier alpha value is -3.58. The van der Waals surface area contributed by atoms with Gasteiger partial charge in [-0.3, -0.25) is 4.79 Å². The Kier molecular flexibility index (Phi) is 5.41.